The zero-order chi connectivity index (χ0) is 43.2. The van der Waals surface area contributed by atoms with Gasteiger partial charge in [0.05, 0.1) is 37.6 Å². The number of hydrogen-bond donors (Lipinski definition) is 1. The summed E-state index contributed by atoms with van der Waals surface area (Å²) in [5.74, 6) is 2.87. The van der Waals surface area contributed by atoms with Gasteiger partial charge in [0, 0.05) is 84.6 Å². The summed E-state index contributed by atoms with van der Waals surface area (Å²) in [4.78, 5) is 20.2. The summed E-state index contributed by atoms with van der Waals surface area (Å²) in [6, 6.07) is 16.8. The van der Waals surface area contributed by atoms with Crippen LogP contribution in [0, 0.1) is 22.0 Å². The molecule has 2 aliphatic rings. The summed E-state index contributed by atoms with van der Waals surface area (Å²) >= 11 is 0. The molecule has 4 heterocycles. The van der Waals surface area contributed by atoms with Crippen molar-refractivity contribution in [2.45, 2.75) is 96.4 Å². The number of anilines is 2. The quantitative estimate of drug-likeness (QED) is 0.0797. The number of nitrogens with one attached hydrogen (secondary N) is 1. The van der Waals surface area contributed by atoms with Crippen molar-refractivity contribution < 1.29 is 32.3 Å². The molecule has 0 bridgehead atoms. The van der Waals surface area contributed by atoms with Crippen molar-refractivity contribution in [3.8, 4) is 0 Å². The molecule has 0 radical (unpaired) electrons. The van der Waals surface area contributed by atoms with E-state index in [-0.39, 0.29) is 17.1 Å². The van der Waals surface area contributed by atoms with Gasteiger partial charge in [-0.3, -0.25) is 14.4 Å². The number of rotatable bonds is 15. The van der Waals surface area contributed by atoms with Gasteiger partial charge in [-0.15, -0.1) is 0 Å². The molecule has 0 unspecified atom stereocenters. The molecular weight excluding hydrogens is 787 g/mol. The Morgan fingerprint density at radius 1 is 0.783 bits per heavy atom. The Morgan fingerprint density at radius 3 is 1.72 bits per heavy atom. The maximum absolute atomic E-state index is 13.4. The number of fused-ring (bicyclic) bond motifs is 2. The van der Waals surface area contributed by atoms with E-state index in [2.05, 4.69) is 53.4 Å². The average molecular weight is 848 g/mol. The molecule has 5 aromatic rings. The molecule has 0 saturated carbocycles. The molecule has 0 amide bonds. The highest BCUT2D eigenvalue weighted by Crippen LogP contribution is 2.34. The monoisotopic (exact) mass is 847 g/mol. The van der Waals surface area contributed by atoms with E-state index in [4.69, 9.17) is 28.9 Å². The first kappa shape index (κ1) is 44.9. The second kappa shape index (κ2) is 19.0. The fraction of sp³-hybridized carbons (Fsp3) is 0.545. The Morgan fingerprint density at radius 2 is 1.27 bits per heavy atom. The van der Waals surface area contributed by atoms with E-state index in [1.54, 1.807) is 33.3 Å². The van der Waals surface area contributed by atoms with Crippen LogP contribution >= 0.6 is 0 Å². The zero-order valence-corrected chi connectivity index (χ0v) is 37.1. The molecule has 0 aliphatic carbocycles. The number of benzene rings is 3. The van der Waals surface area contributed by atoms with E-state index in [1.165, 1.54) is 34.1 Å². The standard InChI is InChI=1S/C25H32N4O6S.C19H29N3O2/c1-5-28(36(32,33)21-9-6-19(7-10-21)29(30)31)20-8-11-23-22(16-20)26-24(25(2,3)34-4)27(23)17-18-12-14-35-15-13-18;1-5-20-15-6-7-17-16(12-15)21-18(19(2,3)23-4)22(17)13-14-8-10-24-11-9-14/h6-11,16,18H,5,12-15,17H2,1-4H3;6-7,12,14,20H,5,8-11,13H2,1-4H3. The van der Waals surface area contributed by atoms with Crippen LogP contribution in [0.5, 0.6) is 0 Å². The normalized spacial score (nSPS) is 15.9. The van der Waals surface area contributed by atoms with Crippen molar-refractivity contribution in [3.05, 3.63) is 82.4 Å². The van der Waals surface area contributed by atoms with Crippen LogP contribution in [0.25, 0.3) is 22.1 Å². The minimum absolute atomic E-state index is 0.0127. The van der Waals surface area contributed by atoms with Gasteiger partial charge in [-0.05, 0) is 128 Å². The number of aromatic nitrogens is 4. The van der Waals surface area contributed by atoms with Gasteiger partial charge in [-0.2, -0.15) is 0 Å². The smallest absolute Gasteiger partial charge is 0.269 e. The number of nitro groups is 1. The van der Waals surface area contributed by atoms with Gasteiger partial charge in [0.2, 0.25) is 0 Å². The molecule has 60 heavy (non-hydrogen) atoms. The van der Waals surface area contributed by atoms with Gasteiger partial charge in [-0.1, -0.05) is 0 Å². The number of methoxy groups -OCH3 is 2. The van der Waals surface area contributed by atoms with Crippen LogP contribution in [0.4, 0.5) is 17.1 Å². The third-order valence-electron chi connectivity index (χ3n) is 11.7. The molecule has 2 fully saturated rings. The number of non-ortho nitro benzene ring substituents is 1. The van der Waals surface area contributed by atoms with Crippen LogP contribution in [0.2, 0.25) is 0 Å². The van der Waals surface area contributed by atoms with Gasteiger partial charge >= 0.3 is 0 Å². The molecular formula is C44H61N7O8S. The molecule has 15 nitrogen and oxygen atoms in total. The van der Waals surface area contributed by atoms with Gasteiger partial charge in [-0.25, -0.2) is 18.4 Å². The summed E-state index contributed by atoms with van der Waals surface area (Å²) in [7, 11) is -0.533. The van der Waals surface area contributed by atoms with Crippen LogP contribution in [0.3, 0.4) is 0 Å². The Bertz CT molecular complexity index is 2350. The lowest BCUT2D eigenvalue weighted by Crippen LogP contribution is -2.30. The van der Waals surface area contributed by atoms with Crippen LogP contribution in [-0.4, -0.2) is 86.2 Å². The van der Waals surface area contributed by atoms with Crippen molar-refractivity contribution >= 4 is 49.2 Å². The molecule has 2 saturated heterocycles. The van der Waals surface area contributed by atoms with E-state index >= 15 is 0 Å². The Hall–Kier alpha value is -4.61. The predicted octanol–water partition coefficient (Wildman–Crippen LogP) is 8.24. The minimum atomic E-state index is -3.94. The average Bonchev–Trinajstić information content (AvgIpc) is 3.80. The highest BCUT2D eigenvalue weighted by Gasteiger charge is 2.32. The first-order chi connectivity index (χ1) is 28.6. The first-order valence-corrected chi connectivity index (χ1v) is 22.4. The van der Waals surface area contributed by atoms with Gasteiger partial charge in [0.1, 0.15) is 22.9 Å². The van der Waals surface area contributed by atoms with Crippen molar-refractivity contribution in [3.63, 3.8) is 0 Å². The maximum atomic E-state index is 13.4. The summed E-state index contributed by atoms with van der Waals surface area (Å²) in [5.41, 5.74) is 4.17. The highest BCUT2D eigenvalue weighted by atomic mass is 32.2. The summed E-state index contributed by atoms with van der Waals surface area (Å²) in [5, 5.41) is 14.3. The highest BCUT2D eigenvalue weighted by molar-refractivity contribution is 7.92. The van der Waals surface area contributed by atoms with E-state index in [1.807, 2.05) is 19.9 Å². The summed E-state index contributed by atoms with van der Waals surface area (Å²) < 4.78 is 55.2. The Kier molecular flexibility index (Phi) is 14.2. The molecule has 2 aromatic heterocycles. The van der Waals surface area contributed by atoms with E-state index in [0.717, 1.165) is 100 Å². The third-order valence-corrected chi connectivity index (χ3v) is 13.6. The number of hydrogen-bond acceptors (Lipinski definition) is 11. The van der Waals surface area contributed by atoms with E-state index < -0.39 is 26.1 Å². The maximum Gasteiger partial charge on any atom is 0.269 e. The fourth-order valence-electron chi connectivity index (χ4n) is 7.92. The van der Waals surface area contributed by atoms with Crippen molar-refractivity contribution in [1.82, 2.24) is 19.1 Å². The van der Waals surface area contributed by atoms with Gasteiger partial charge in [0.25, 0.3) is 15.7 Å². The van der Waals surface area contributed by atoms with E-state index in [0.29, 0.717) is 23.0 Å². The molecule has 0 spiro atoms. The Balaban J connectivity index is 0.000000218. The summed E-state index contributed by atoms with van der Waals surface area (Å²) in [6.45, 7) is 18.0. The van der Waals surface area contributed by atoms with Crippen LogP contribution < -0.4 is 9.62 Å². The second-order valence-electron chi connectivity index (χ2n) is 16.5. The van der Waals surface area contributed by atoms with E-state index in [9.17, 15) is 18.5 Å². The lowest BCUT2D eigenvalue weighted by Gasteiger charge is -2.27. The largest absolute Gasteiger partial charge is 0.385 e. The molecule has 3 aromatic carbocycles. The van der Waals surface area contributed by atoms with Crippen molar-refractivity contribution in [1.29, 1.82) is 0 Å². The van der Waals surface area contributed by atoms with Crippen LogP contribution in [-0.2, 0) is 53.3 Å². The number of ether oxygens (including phenoxy) is 4. The minimum Gasteiger partial charge on any atom is -0.385 e. The lowest BCUT2D eigenvalue weighted by molar-refractivity contribution is -0.384. The summed E-state index contributed by atoms with van der Waals surface area (Å²) in [6.07, 6.45) is 4.17. The van der Waals surface area contributed by atoms with Gasteiger partial charge in [0.15, 0.2) is 0 Å². The van der Waals surface area contributed by atoms with Gasteiger partial charge < -0.3 is 33.4 Å². The lowest BCUT2D eigenvalue weighted by atomic mass is 9.99. The van der Waals surface area contributed by atoms with Crippen molar-refractivity contribution in [2.75, 3.05) is 63.4 Å². The topological polar surface area (TPSA) is 165 Å². The number of sulfonamides is 1. The molecule has 1 N–H and O–H groups in total. The fourth-order valence-corrected chi connectivity index (χ4v) is 9.39. The molecule has 0 atom stereocenters. The number of nitrogens with zero attached hydrogens (tertiary/aromatic N) is 6. The first-order valence-electron chi connectivity index (χ1n) is 20.9. The second-order valence-corrected chi connectivity index (χ2v) is 18.3. The molecule has 326 valence electrons. The Labute approximate surface area is 353 Å². The SMILES string of the molecule is CCN(c1ccc2c(c1)nc(C(C)(C)OC)n2CC1CCOCC1)S(=O)(=O)c1ccc([N+](=O)[O-])cc1.CCNc1ccc2c(c1)nc(C(C)(C)OC)n2CC1CCOCC1. The molecule has 16 heteroatoms. The predicted molar refractivity (Wildman–Crippen MR) is 234 cm³/mol. The van der Waals surface area contributed by atoms with Crippen LogP contribution in [0.15, 0.2) is 65.6 Å². The third kappa shape index (κ3) is 9.78. The molecule has 2 aliphatic heterocycles. The van der Waals surface area contributed by atoms with Crippen molar-refractivity contribution in [2.24, 2.45) is 11.8 Å². The van der Waals surface area contributed by atoms with Crippen LogP contribution in [0.1, 0.15) is 78.9 Å². The zero-order valence-electron chi connectivity index (χ0n) is 36.3. The molecule has 7 rings (SSSR count). The number of imidazole rings is 2. The number of nitro benzene ring substituents is 1.